The minimum absolute atomic E-state index is 0.0176. The summed E-state index contributed by atoms with van der Waals surface area (Å²) >= 11 is 0. The molecule has 7 heteroatoms. The fraction of sp³-hybridized carbons (Fsp3) is 0.688. The SMILES string of the molecule is CN(C)c1cncc(OC2CCN(C(=O)NC3CCCC3)C2)n1. The van der Waals surface area contributed by atoms with Crippen molar-refractivity contribution in [2.45, 2.75) is 44.2 Å². The quantitative estimate of drug-likeness (QED) is 0.914. The van der Waals surface area contributed by atoms with Gasteiger partial charge in [0.05, 0.1) is 18.9 Å². The van der Waals surface area contributed by atoms with Crippen molar-refractivity contribution in [3.05, 3.63) is 12.4 Å². The largest absolute Gasteiger partial charge is 0.471 e. The maximum absolute atomic E-state index is 12.3. The summed E-state index contributed by atoms with van der Waals surface area (Å²) in [5.74, 6) is 1.27. The molecule has 2 amide bonds. The van der Waals surface area contributed by atoms with Crippen molar-refractivity contribution in [3.63, 3.8) is 0 Å². The zero-order valence-electron chi connectivity index (χ0n) is 13.9. The standard InChI is InChI=1S/C16H25N5O2/c1-20(2)14-9-17-10-15(19-14)23-13-7-8-21(11-13)16(22)18-12-5-3-4-6-12/h9-10,12-13H,3-8,11H2,1-2H3,(H,18,22). The van der Waals surface area contributed by atoms with Crippen LogP contribution in [0.4, 0.5) is 10.6 Å². The predicted molar refractivity (Wildman–Crippen MR) is 87.8 cm³/mol. The van der Waals surface area contributed by atoms with Crippen molar-refractivity contribution in [1.29, 1.82) is 0 Å². The molecule has 23 heavy (non-hydrogen) atoms. The highest BCUT2D eigenvalue weighted by atomic mass is 16.5. The van der Waals surface area contributed by atoms with Gasteiger partial charge in [0, 0.05) is 33.1 Å². The lowest BCUT2D eigenvalue weighted by Gasteiger charge is -2.20. The van der Waals surface area contributed by atoms with Crippen molar-refractivity contribution in [2.75, 3.05) is 32.1 Å². The second-order valence-electron chi connectivity index (χ2n) is 6.52. The lowest BCUT2D eigenvalue weighted by Crippen LogP contribution is -2.43. The fourth-order valence-electron chi connectivity index (χ4n) is 3.13. The zero-order chi connectivity index (χ0) is 16.2. The van der Waals surface area contributed by atoms with Crippen LogP contribution >= 0.6 is 0 Å². The van der Waals surface area contributed by atoms with Crippen LogP contribution in [-0.4, -0.2) is 60.2 Å². The number of hydrogen-bond donors (Lipinski definition) is 1. The molecule has 0 radical (unpaired) electrons. The maximum atomic E-state index is 12.3. The number of likely N-dealkylation sites (tertiary alicyclic amines) is 1. The smallest absolute Gasteiger partial charge is 0.317 e. The Kier molecular flexibility index (Phi) is 4.83. The first kappa shape index (κ1) is 15.8. The first-order valence-electron chi connectivity index (χ1n) is 8.33. The molecule has 2 fully saturated rings. The Bertz CT molecular complexity index is 545. The summed E-state index contributed by atoms with van der Waals surface area (Å²) in [6, 6.07) is 0.390. The predicted octanol–water partition coefficient (Wildman–Crippen LogP) is 1.65. The summed E-state index contributed by atoms with van der Waals surface area (Å²) in [6.45, 7) is 1.33. The molecule has 1 N–H and O–H groups in total. The van der Waals surface area contributed by atoms with Crippen molar-refractivity contribution in [2.24, 2.45) is 0 Å². The zero-order valence-corrected chi connectivity index (χ0v) is 13.9. The van der Waals surface area contributed by atoms with Gasteiger partial charge in [-0.15, -0.1) is 0 Å². The number of amides is 2. The average molecular weight is 319 g/mol. The van der Waals surface area contributed by atoms with Crippen molar-refractivity contribution < 1.29 is 9.53 Å². The van der Waals surface area contributed by atoms with Crippen molar-refractivity contribution in [3.8, 4) is 5.88 Å². The van der Waals surface area contributed by atoms with Crippen LogP contribution in [0.15, 0.2) is 12.4 Å². The van der Waals surface area contributed by atoms with E-state index in [1.165, 1.54) is 12.8 Å². The van der Waals surface area contributed by atoms with E-state index < -0.39 is 0 Å². The van der Waals surface area contributed by atoms with Crippen LogP contribution in [0.25, 0.3) is 0 Å². The number of ether oxygens (including phenoxy) is 1. The first-order chi connectivity index (χ1) is 11.1. The maximum Gasteiger partial charge on any atom is 0.317 e. The van der Waals surface area contributed by atoms with E-state index in [2.05, 4.69) is 15.3 Å². The molecule has 1 aromatic rings. The van der Waals surface area contributed by atoms with Gasteiger partial charge in [-0.25, -0.2) is 4.79 Å². The Morgan fingerprint density at radius 1 is 1.30 bits per heavy atom. The van der Waals surface area contributed by atoms with Gasteiger partial charge in [0.2, 0.25) is 5.88 Å². The molecule has 126 valence electrons. The average Bonchev–Trinajstić information content (AvgIpc) is 3.19. The van der Waals surface area contributed by atoms with E-state index in [1.54, 1.807) is 12.4 Å². The highest BCUT2D eigenvalue weighted by Gasteiger charge is 2.29. The Labute approximate surface area is 137 Å². The van der Waals surface area contributed by atoms with E-state index in [9.17, 15) is 4.79 Å². The van der Waals surface area contributed by atoms with Gasteiger partial charge in [-0.05, 0) is 12.8 Å². The molecular weight excluding hydrogens is 294 g/mol. The third-order valence-electron chi connectivity index (χ3n) is 4.46. The van der Waals surface area contributed by atoms with Gasteiger partial charge >= 0.3 is 6.03 Å². The number of rotatable bonds is 4. The number of nitrogens with zero attached hydrogens (tertiary/aromatic N) is 4. The van der Waals surface area contributed by atoms with Crippen LogP contribution in [0.5, 0.6) is 5.88 Å². The minimum atomic E-state index is -0.0176. The van der Waals surface area contributed by atoms with Gasteiger partial charge in [-0.1, -0.05) is 12.8 Å². The first-order valence-corrected chi connectivity index (χ1v) is 8.33. The number of hydrogen-bond acceptors (Lipinski definition) is 5. The molecule has 3 rings (SSSR count). The molecule has 1 aliphatic heterocycles. The lowest BCUT2D eigenvalue weighted by molar-refractivity contribution is 0.180. The van der Waals surface area contributed by atoms with Crippen LogP contribution in [0.3, 0.4) is 0 Å². The summed E-state index contributed by atoms with van der Waals surface area (Å²) in [7, 11) is 3.83. The molecule has 1 unspecified atom stereocenters. The molecule has 1 aromatic heterocycles. The molecule has 1 aliphatic carbocycles. The monoisotopic (exact) mass is 319 g/mol. The Hall–Kier alpha value is -2.05. The van der Waals surface area contributed by atoms with Crippen LogP contribution in [-0.2, 0) is 0 Å². The highest BCUT2D eigenvalue weighted by molar-refractivity contribution is 5.74. The van der Waals surface area contributed by atoms with Crippen LogP contribution in [0.2, 0.25) is 0 Å². The number of nitrogens with one attached hydrogen (secondary N) is 1. The van der Waals surface area contributed by atoms with Gasteiger partial charge in [-0.3, -0.25) is 4.98 Å². The molecule has 0 spiro atoms. The van der Waals surface area contributed by atoms with E-state index in [4.69, 9.17) is 4.74 Å². The number of carbonyl (C=O) groups is 1. The number of carbonyl (C=O) groups excluding carboxylic acids is 1. The second kappa shape index (κ2) is 7.02. The molecule has 2 aliphatic rings. The Morgan fingerprint density at radius 2 is 2.09 bits per heavy atom. The highest BCUT2D eigenvalue weighted by Crippen LogP contribution is 2.20. The molecule has 1 atom stereocenters. The summed E-state index contributed by atoms with van der Waals surface area (Å²) in [5.41, 5.74) is 0. The number of urea groups is 1. The lowest BCUT2D eigenvalue weighted by atomic mass is 10.2. The molecule has 1 saturated carbocycles. The molecule has 2 heterocycles. The summed E-state index contributed by atoms with van der Waals surface area (Å²) < 4.78 is 5.89. The normalized spacial score (nSPS) is 21.5. The van der Waals surface area contributed by atoms with E-state index >= 15 is 0 Å². The molecule has 0 bridgehead atoms. The van der Waals surface area contributed by atoms with Crippen LogP contribution < -0.4 is 15.0 Å². The third-order valence-corrected chi connectivity index (χ3v) is 4.46. The summed E-state index contributed by atoms with van der Waals surface area (Å²) in [6.07, 6.45) is 8.77. The molecular formula is C16H25N5O2. The van der Waals surface area contributed by atoms with Gasteiger partial charge in [0.15, 0.2) is 5.82 Å². The summed E-state index contributed by atoms with van der Waals surface area (Å²) in [4.78, 5) is 24.6. The Balaban J connectivity index is 1.51. The number of anilines is 1. The van der Waals surface area contributed by atoms with Gasteiger partial charge in [0.1, 0.15) is 6.10 Å². The fourth-order valence-corrected chi connectivity index (χ4v) is 3.13. The van der Waals surface area contributed by atoms with E-state index in [1.807, 2.05) is 23.9 Å². The summed E-state index contributed by atoms with van der Waals surface area (Å²) in [5, 5.41) is 3.13. The van der Waals surface area contributed by atoms with E-state index in [-0.39, 0.29) is 12.1 Å². The van der Waals surface area contributed by atoms with Gasteiger partial charge in [-0.2, -0.15) is 4.98 Å². The molecule has 1 saturated heterocycles. The minimum Gasteiger partial charge on any atom is -0.471 e. The van der Waals surface area contributed by atoms with E-state index in [0.717, 1.165) is 31.6 Å². The van der Waals surface area contributed by atoms with E-state index in [0.29, 0.717) is 18.5 Å². The Morgan fingerprint density at radius 3 is 2.83 bits per heavy atom. The number of aromatic nitrogens is 2. The van der Waals surface area contributed by atoms with Crippen LogP contribution in [0, 0.1) is 0 Å². The molecule has 0 aromatic carbocycles. The van der Waals surface area contributed by atoms with Gasteiger partial charge in [0.25, 0.3) is 0 Å². The van der Waals surface area contributed by atoms with Crippen LogP contribution in [0.1, 0.15) is 32.1 Å². The second-order valence-corrected chi connectivity index (χ2v) is 6.52. The molecule has 7 nitrogen and oxygen atoms in total. The van der Waals surface area contributed by atoms with Gasteiger partial charge < -0.3 is 19.9 Å². The van der Waals surface area contributed by atoms with Crippen molar-refractivity contribution in [1.82, 2.24) is 20.2 Å². The van der Waals surface area contributed by atoms with Crippen molar-refractivity contribution >= 4 is 11.8 Å². The topological polar surface area (TPSA) is 70.6 Å². The third kappa shape index (κ3) is 4.03.